The van der Waals surface area contributed by atoms with Crippen LogP contribution < -0.4 is 14.8 Å². The average molecular weight is 752 g/mol. The third kappa shape index (κ3) is 11.1. The van der Waals surface area contributed by atoms with Gasteiger partial charge in [-0.1, -0.05) is 30.2 Å². The lowest BCUT2D eigenvalue weighted by atomic mass is 9.92. The van der Waals surface area contributed by atoms with Crippen LogP contribution in [0.1, 0.15) is 71.6 Å². The van der Waals surface area contributed by atoms with Gasteiger partial charge >= 0.3 is 11.9 Å². The maximum absolute atomic E-state index is 13.6. The van der Waals surface area contributed by atoms with Crippen LogP contribution in [0.4, 0.5) is 0 Å². The molecule has 52 heavy (non-hydrogen) atoms. The Hall–Kier alpha value is -4.39. The first-order valence-electron chi connectivity index (χ1n) is 17.6. The minimum atomic E-state index is -3.81. The number of methoxy groups -OCH3 is 1. The second-order valence-corrected chi connectivity index (χ2v) is 15.7. The smallest absolute Gasteiger partial charge is 0.345 e. The Kier molecular flexibility index (Phi) is 13.7. The van der Waals surface area contributed by atoms with E-state index in [2.05, 4.69) is 21.3 Å². The van der Waals surface area contributed by atoms with Crippen LogP contribution in [0.3, 0.4) is 0 Å². The number of rotatable bonds is 17. The zero-order chi connectivity index (χ0) is 37.1. The van der Waals surface area contributed by atoms with Crippen LogP contribution in [-0.4, -0.2) is 81.0 Å². The molecule has 0 saturated carbocycles. The van der Waals surface area contributed by atoms with Crippen LogP contribution in [0.25, 0.3) is 10.9 Å². The molecule has 278 valence electrons. The highest BCUT2D eigenvalue weighted by molar-refractivity contribution is 7.92. The van der Waals surface area contributed by atoms with Crippen LogP contribution in [0.5, 0.6) is 11.5 Å². The van der Waals surface area contributed by atoms with E-state index in [0.717, 1.165) is 30.9 Å². The fraction of sp³-hybridized carbons (Fsp3) is 0.410. The Bertz CT molecular complexity index is 1960. The van der Waals surface area contributed by atoms with Crippen LogP contribution in [0.15, 0.2) is 66.7 Å². The molecule has 0 radical (unpaired) electrons. The number of ether oxygens (including phenoxy) is 3. The van der Waals surface area contributed by atoms with Crippen molar-refractivity contribution in [2.24, 2.45) is 0 Å². The molecule has 11 nitrogen and oxygen atoms in total. The summed E-state index contributed by atoms with van der Waals surface area (Å²) in [5.74, 6) is -2.94. The molecular weight excluding hydrogens is 706 g/mol. The number of nitrogens with zero attached hydrogens (tertiary/aromatic N) is 1. The summed E-state index contributed by atoms with van der Waals surface area (Å²) in [6.45, 7) is 5.56. The van der Waals surface area contributed by atoms with Crippen LogP contribution >= 0.6 is 11.6 Å². The van der Waals surface area contributed by atoms with Crippen molar-refractivity contribution in [3.8, 4) is 11.5 Å². The Morgan fingerprint density at radius 1 is 0.962 bits per heavy atom. The number of H-pyrrole nitrogens is 1. The maximum Gasteiger partial charge on any atom is 0.345 e. The predicted octanol–water partition coefficient (Wildman–Crippen LogP) is 6.37. The number of nitrogens with one attached hydrogen (secondary N) is 2. The first-order valence-corrected chi connectivity index (χ1v) is 19.8. The van der Waals surface area contributed by atoms with E-state index in [1.54, 1.807) is 19.1 Å². The van der Waals surface area contributed by atoms with Gasteiger partial charge in [-0.2, -0.15) is 0 Å². The molecule has 2 heterocycles. The zero-order valence-corrected chi connectivity index (χ0v) is 31.2. The second-order valence-electron chi connectivity index (χ2n) is 13.1. The van der Waals surface area contributed by atoms with Gasteiger partial charge < -0.3 is 24.5 Å². The molecular formula is C39H46ClN3O8S. The van der Waals surface area contributed by atoms with Gasteiger partial charge in [-0.05, 0) is 118 Å². The molecule has 0 bridgehead atoms. The van der Waals surface area contributed by atoms with E-state index in [9.17, 15) is 22.8 Å². The summed E-state index contributed by atoms with van der Waals surface area (Å²) < 4.78 is 42.6. The monoisotopic (exact) mass is 751 g/mol. The number of aromatic nitrogens is 1. The van der Waals surface area contributed by atoms with Crippen molar-refractivity contribution in [2.45, 2.75) is 57.9 Å². The molecule has 1 unspecified atom stereocenters. The van der Waals surface area contributed by atoms with E-state index in [4.69, 9.17) is 25.8 Å². The van der Waals surface area contributed by atoms with Crippen LogP contribution in [0, 0.1) is 6.92 Å². The summed E-state index contributed by atoms with van der Waals surface area (Å²) in [4.78, 5) is 44.7. The fourth-order valence-electron chi connectivity index (χ4n) is 6.52. The number of fused-ring (bicyclic) bond motifs is 1. The first-order chi connectivity index (χ1) is 25.0. The van der Waals surface area contributed by atoms with Gasteiger partial charge in [0.05, 0.1) is 31.0 Å². The molecule has 1 aliphatic rings. The Balaban J connectivity index is 1.13. The van der Waals surface area contributed by atoms with Gasteiger partial charge in [-0.3, -0.25) is 14.5 Å². The van der Waals surface area contributed by atoms with E-state index in [1.165, 1.54) is 56.2 Å². The Morgan fingerprint density at radius 2 is 1.73 bits per heavy atom. The molecule has 1 aromatic heterocycles. The van der Waals surface area contributed by atoms with Gasteiger partial charge in [0.25, 0.3) is 0 Å². The molecule has 0 spiro atoms. The van der Waals surface area contributed by atoms with Crippen molar-refractivity contribution in [1.29, 1.82) is 0 Å². The van der Waals surface area contributed by atoms with Crippen molar-refractivity contribution in [2.75, 3.05) is 44.9 Å². The van der Waals surface area contributed by atoms with Gasteiger partial charge in [-0.25, -0.2) is 13.2 Å². The minimum Gasteiger partial charge on any atom is -0.497 e. The number of aryl methyl sites for hydroxylation is 1. The molecule has 4 aromatic rings. The summed E-state index contributed by atoms with van der Waals surface area (Å²) in [6, 6.07) is 19.3. The normalized spacial score (nSPS) is 14.1. The molecule has 3 aromatic carbocycles. The third-order valence-corrected chi connectivity index (χ3v) is 11.0. The number of esters is 2. The number of benzene rings is 3. The lowest BCUT2D eigenvalue weighted by Crippen LogP contribution is -2.32. The predicted molar refractivity (Wildman–Crippen MR) is 201 cm³/mol. The van der Waals surface area contributed by atoms with Crippen molar-refractivity contribution in [3.63, 3.8) is 0 Å². The number of amides is 1. The van der Waals surface area contributed by atoms with Gasteiger partial charge in [0.1, 0.15) is 17.3 Å². The number of aromatic amines is 1. The summed E-state index contributed by atoms with van der Waals surface area (Å²) in [5, 5.41) is 3.78. The molecule has 1 atom stereocenters. The summed E-state index contributed by atoms with van der Waals surface area (Å²) in [7, 11) is -2.28. The van der Waals surface area contributed by atoms with Crippen LogP contribution in [-0.2, 0) is 30.7 Å². The number of sulfone groups is 1. The minimum absolute atomic E-state index is 0.0469. The lowest BCUT2D eigenvalue weighted by Gasteiger charge is -2.26. The molecule has 0 aliphatic carbocycles. The highest BCUT2D eigenvalue weighted by atomic mass is 35.5. The number of hydrogen-bond donors (Lipinski definition) is 2. The van der Waals surface area contributed by atoms with E-state index in [1.807, 2.05) is 24.3 Å². The summed E-state index contributed by atoms with van der Waals surface area (Å²) in [5.41, 5.74) is 3.33. The average Bonchev–Trinajstić information content (AvgIpc) is 3.44. The van der Waals surface area contributed by atoms with Crippen molar-refractivity contribution in [1.82, 2.24) is 15.2 Å². The van der Waals surface area contributed by atoms with E-state index < -0.39 is 39.4 Å². The molecule has 1 fully saturated rings. The molecule has 13 heteroatoms. The van der Waals surface area contributed by atoms with Gasteiger partial charge in [0, 0.05) is 34.7 Å². The summed E-state index contributed by atoms with van der Waals surface area (Å²) in [6.07, 6.45) is 4.37. The third-order valence-electron chi connectivity index (χ3n) is 9.11. The largest absolute Gasteiger partial charge is 0.497 e. The second kappa shape index (κ2) is 18.4. The fourth-order valence-corrected chi connectivity index (χ4v) is 7.90. The van der Waals surface area contributed by atoms with Crippen molar-refractivity contribution in [3.05, 3.63) is 94.1 Å². The summed E-state index contributed by atoms with van der Waals surface area (Å²) >= 11 is 5.94. The van der Waals surface area contributed by atoms with Gasteiger partial charge in [0.15, 0.2) is 9.84 Å². The Morgan fingerprint density at radius 3 is 2.48 bits per heavy atom. The van der Waals surface area contributed by atoms with E-state index in [0.29, 0.717) is 40.4 Å². The van der Waals surface area contributed by atoms with Crippen molar-refractivity contribution < 1.29 is 37.0 Å². The number of hydrogen-bond acceptors (Lipinski definition) is 9. The number of carbonyl (C=O) groups excluding carboxylic acids is 3. The number of carbonyl (C=O) groups is 3. The number of piperidine rings is 1. The number of likely N-dealkylation sites (tertiary alicyclic amines) is 1. The number of halogens is 1. The zero-order valence-electron chi connectivity index (χ0n) is 29.6. The molecule has 1 aliphatic heterocycles. The molecule has 1 amide bonds. The van der Waals surface area contributed by atoms with Gasteiger partial charge in [-0.15, -0.1) is 0 Å². The van der Waals surface area contributed by atoms with E-state index in [-0.39, 0.29) is 30.7 Å². The lowest BCUT2D eigenvalue weighted by molar-refractivity contribution is -0.140. The molecule has 1 saturated heterocycles. The van der Waals surface area contributed by atoms with Crippen molar-refractivity contribution >= 4 is 50.2 Å². The van der Waals surface area contributed by atoms with E-state index >= 15 is 0 Å². The topological polar surface area (TPSA) is 144 Å². The van der Waals surface area contributed by atoms with Crippen LogP contribution in [0.2, 0.25) is 5.02 Å². The Labute approximate surface area is 309 Å². The quantitative estimate of drug-likeness (QED) is 0.0715. The highest BCUT2D eigenvalue weighted by Gasteiger charge is 2.30. The standard InChI is InChI=1S/C39H46ClN3O8S/c1-27-37(34-24-31(49-2)16-17-35(34)42-27)33(39(46)51-38(45)29-12-14-30(40)15-13-29)11-7-22-52(47,48)26-36(44)41-18-8-21-50-32-10-6-9-28(23-32)25-43-19-4-3-5-20-43/h6,9-10,12-17,23-24,33,42H,3-5,7-8,11,18-22,25-26H2,1-2H3,(H,41,44). The molecule has 5 rings (SSSR count). The highest BCUT2D eigenvalue weighted by Crippen LogP contribution is 2.35. The SMILES string of the molecule is COc1ccc2[nH]c(C)c(C(CCCS(=O)(=O)CC(=O)NCCCOc3cccc(CN4CCCCC4)c3)C(=O)OC(=O)c3ccc(Cl)cc3)c2c1. The molecule has 2 N–H and O–H groups in total. The first kappa shape index (κ1) is 38.8. The van der Waals surface area contributed by atoms with Gasteiger partial charge in [0.2, 0.25) is 5.91 Å². The maximum atomic E-state index is 13.6.